The lowest BCUT2D eigenvalue weighted by molar-refractivity contribution is -0.275. The van der Waals surface area contributed by atoms with Crippen LogP contribution in [0.2, 0.25) is 0 Å². The molecule has 0 saturated carbocycles. The summed E-state index contributed by atoms with van der Waals surface area (Å²) >= 11 is 0. The van der Waals surface area contributed by atoms with Crippen molar-refractivity contribution in [2.75, 3.05) is 52.4 Å². The molecule has 0 radical (unpaired) electrons. The van der Waals surface area contributed by atoms with E-state index < -0.39 is 52.3 Å². The fourth-order valence-corrected chi connectivity index (χ4v) is 19.0. The molecule has 8 aliphatic rings. The molecule has 0 unspecified atom stereocenters. The molecule has 21 rings (SSSR count). The predicted octanol–water partition coefficient (Wildman–Crippen LogP) is 18.0. The van der Waals surface area contributed by atoms with Crippen LogP contribution in [0.4, 0.5) is 26.3 Å². The second-order valence-electron chi connectivity index (χ2n) is 33.6. The molecule has 0 aliphatic carbocycles. The van der Waals surface area contributed by atoms with E-state index in [4.69, 9.17) is 24.7 Å². The third kappa shape index (κ3) is 15.9. The first-order valence-corrected chi connectivity index (χ1v) is 42.5. The largest absolute Gasteiger partial charge is 0.573 e. The van der Waals surface area contributed by atoms with Gasteiger partial charge < -0.3 is 53.8 Å². The van der Waals surface area contributed by atoms with Crippen LogP contribution in [0.25, 0.3) is 50.4 Å². The molecule has 8 aliphatic heterocycles. The molecule has 128 heavy (non-hydrogen) atoms. The topological polar surface area (TPSA) is 258 Å². The maximum Gasteiger partial charge on any atom is 0.573 e. The lowest BCUT2D eigenvalue weighted by Crippen LogP contribution is -2.50. The number of nitrogens with zero attached hydrogens (tertiary/aromatic N) is 13. The summed E-state index contributed by atoms with van der Waals surface area (Å²) in [6.07, 6.45) is 2.62. The number of hydrogen-bond acceptors (Lipinski definition) is 16. The molecule has 5 aromatic heterocycles. The number of aromatic nitrogens is 8. The maximum absolute atomic E-state index is 13.4. The monoisotopic (exact) mass is 1740 g/mol. The Hall–Kier alpha value is -14.2. The van der Waals surface area contributed by atoms with Crippen LogP contribution < -0.4 is 34.2 Å². The Morgan fingerprint density at radius 1 is 0.461 bits per heavy atom. The number of pyridine rings is 1. The Morgan fingerprint density at radius 2 is 0.875 bits per heavy atom. The molecule has 4 amide bonds. The quantitative estimate of drug-likeness (QED) is 0.139. The smallest absolute Gasteiger partial charge is 0.482 e. The van der Waals surface area contributed by atoms with Crippen LogP contribution in [-0.4, -0.2) is 147 Å². The predicted molar refractivity (Wildman–Crippen MR) is 465 cm³/mol. The van der Waals surface area contributed by atoms with E-state index >= 15 is 0 Å². The van der Waals surface area contributed by atoms with Crippen LogP contribution in [0.3, 0.4) is 0 Å². The molecule has 13 aromatic rings. The number of aryl methyl sites for hydroxylation is 3. The van der Waals surface area contributed by atoms with Crippen molar-refractivity contribution in [3.63, 3.8) is 0 Å². The van der Waals surface area contributed by atoms with E-state index in [-0.39, 0.29) is 30.5 Å². The number of amides is 4. The van der Waals surface area contributed by atoms with Gasteiger partial charge in [0, 0.05) is 187 Å². The Bertz CT molecular complexity index is 6450. The van der Waals surface area contributed by atoms with Crippen molar-refractivity contribution < 1.29 is 75.4 Å². The van der Waals surface area contributed by atoms with Crippen molar-refractivity contribution >= 4 is 34.5 Å². The Kier molecular flexibility index (Phi) is 22.0. The molecule has 30 heteroatoms. The van der Waals surface area contributed by atoms with Gasteiger partial charge in [0.2, 0.25) is 0 Å². The molecule has 656 valence electrons. The second kappa shape index (κ2) is 33.3. The van der Waals surface area contributed by atoms with Gasteiger partial charge in [-0.1, -0.05) is 91.0 Å². The molecular formula is C98H92F6N14O10. The summed E-state index contributed by atoms with van der Waals surface area (Å²) in [6, 6.07) is 65.3. The SMILES string of the molecule is CC(C)(N)c1ccc(C(=O)N2CCC3(CC2)Oc2ccccc2-n2c(C#N)ccc23)cc1.CCn1ncc2c1-c1ccccc1OC21CCN(C(=O)c2ccccc2OC(F)(F)F)CC1.Cn1ncc2c1-c1ccccc1OC21CCN(C(=O)c2ccc(OC(F)(F)F)cc2)CC1.Cn1ncc2c1-c1ccccc1OC21CCN(C(=O)c2ccnc3ccccc23)CC1.[HH]. The standard InChI is InChI=1S/C26H26N4O2.C25H22N4O2.C24H22F3N3O3.C23H20F3N3O3.H2/c1-25(2,28)19-9-7-18(8-10-19)24(31)29-15-13-26(14-16-29)23-12-11-20(17-27)30(23)21-5-3-4-6-22(21)32-26;1-28-23-19-7-3-5-9-22(19)31-25(20(23)16-27-28)11-14-29(15-12-25)24(30)18-10-13-26-21-8-4-2-6-17(18)21;1-2-30-21-16-7-3-5-9-19(16)32-23(18(21)15-28-30)11-13-29(14-12-23)22(31)17-8-4-6-10-20(17)33-24(25,26)27;1-28-20-17-4-2-3-5-19(17)32-22(18(20)14-27-28)10-12-29(13-11-22)21(30)15-6-8-16(9-7-15)31-23(24,25)26;/h3-12H,13-16,28H2,1-2H3;2-10,13,16H,11-12,14-15H2,1H3;3-10,15H,2,11-14H2,1H3;2-9,14H,10-13H2,1H3;1H. The Labute approximate surface area is 734 Å². The van der Waals surface area contributed by atoms with Crippen molar-refractivity contribution in [3.8, 4) is 80.0 Å². The molecule has 2 N–H and O–H groups in total. The summed E-state index contributed by atoms with van der Waals surface area (Å²) in [6.45, 7) is 10.6. The normalized spacial score (nSPS) is 16.7. The highest BCUT2D eigenvalue weighted by Crippen LogP contribution is 2.54. The Balaban J connectivity index is 0.000000120. The van der Waals surface area contributed by atoms with Gasteiger partial charge in [-0.3, -0.25) is 42.8 Å². The van der Waals surface area contributed by atoms with E-state index in [0.29, 0.717) is 120 Å². The van der Waals surface area contributed by atoms with Crippen molar-refractivity contribution in [1.82, 2.24) is 58.5 Å². The van der Waals surface area contributed by atoms with Crippen LogP contribution >= 0.6 is 0 Å². The van der Waals surface area contributed by atoms with Gasteiger partial charge in [-0.15, -0.1) is 26.3 Å². The summed E-state index contributed by atoms with van der Waals surface area (Å²) in [5.41, 5.74) is 18.7. The number of alkyl halides is 6. The minimum atomic E-state index is -4.87. The molecule has 0 bridgehead atoms. The van der Waals surface area contributed by atoms with Crippen LogP contribution in [0, 0.1) is 11.3 Å². The first-order valence-electron chi connectivity index (χ1n) is 42.5. The summed E-state index contributed by atoms with van der Waals surface area (Å²) < 4.78 is 117. The van der Waals surface area contributed by atoms with Crippen molar-refractivity contribution in [3.05, 3.63) is 293 Å². The van der Waals surface area contributed by atoms with Crippen LogP contribution in [0.15, 0.2) is 237 Å². The summed E-state index contributed by atoms with van der Waals surface area (Å²) in [7, 11) is 3.88. The first-order chi connectivity index (χ1) is 61.6. The molecule has 13 heterocycles. The van der Waals surface area contributed by atoms with E-state index in [1.54, 1.807) is 16.0 Å². The lowest BCUT2D eigenvalue weighted by atomic mass is 9.81. The van der Waals surface area contributed by atoms with Gasteiger partial charge in [0.05, 0.1) is 63.7 Å². The van der Waals surface area contributed by atoms with E-state index in [1.165, 1.54) is 30.3 Å². The summed E-state index contributed by atoms with van der Waals surface area (Å²) in [5.74, 6) is 1.71. The number of para-hydroxylation sites is 7. The van der Waals surface area contributed by atoms with Gasteiger partial charge >= 0.3 is 12.7 Å². The van der Waals surface area contributed by atoms with Crippen LogP contribution in [-0.2, 0) is 48.6 Å². The average Bonchev–Trinajstić information content (AvgIpc) is 1.64. The number of hydrogen-bond donors (Lipinski definition) is 1. The molecular weight excluding hydrogens is 1650 g/mol. The highest BCUT2D eigenvalue weighted by molar-refractivity contribution is 6.06. The third-order valence-corrected chi connectivity index (χ3v) is 25.6. The zero-order valence-corrected chi connectivity index (χ0v) is 70.8. The number of piperidine rings is 4. The number of carbonyl (C=O) groups excluding carboxylic acids is 4. The minimum absolute atomic E-state index is 0. The van der Waals surface area contributed by atoms with E-state index in [0.717, 1.165) is 132 Å². The maximum atomic E-state index is 13.4. The Morgan fingerprint density at radius 3 is 1.38 bits per heavy atom. The summed E-state index contributed by atoms with van der Waals surface area (Å²) in [5, 5.41) is 24.1. The number of benzene rings is 8. The van der Waals surface area contributed by atoms with Crippen LogP contribution in [0.5, 0.6) is 34.5 Å². The first kappa shape index (κ1) is 84.6. The highest BCUT2D eigenvalue weighted by atomic mass is 19.4. The second-order valence-corrected chi connectivity index (χ2v) is 33.6. The minimum Gasteiger partial charge on any atom is -0.482 e. The lowest BCUT2D eigenvalue weighted by Gasteiger charge is -2.45. The van der Waals surface area contributed by atoms with E-state index in [9.17, 15) is 50.8 Å². The third-order valence-electron chi connectivity index (χ3n) is 25.6. The highest BCUT2D eigenvalue weighted by Gasteiger charge is 2.51. The fourth-order valence-electron chi connectivity index (χ4n) is 19.0. The van der Waals surface area contributed by atoms with Crippen molar-refractivity contribution in [2.45, 2.75) is 119 Å². The summed E-state index contributed by atoms with van der Waals surface area (Å²) in [4.78, 5) is 64.0. The number of halogens is 6. The average molecular weight is 1740 g/mol. The number of nitriles is 1. The zero-order chi connectivity index (χ0) is 89.2. The van der Waals surface area contributed by atoms with Gasteiger partial charge in [0.15, 0.2) is 5.60 Å². The van der Waals surface area contributed by atoms with Gasteiger partial charge in [0.1, 0.15) is 63.1 Å². The van der Waals surface area contributed by atoms with E-state index in [2.05, 4.69) is 41.9 Å². The molecule has 4 fully saturated rings. The number of rotatable bonds is 8. The van der Waals surface area contributed by atoms with Gasteiger partial charge in [-0.05, 0) is 148 Å². The number of likely N-dealkylation sites (tertiary alicyclic amines) is 4. The number of nitrogens with two attached hydrogens (primary N) is 1. The molecule has 0 atom stereocenters. The van der Waals surface area contributed by atoms with Gasteiger partial charge in [-0.25, -0.2) is 0 Å². The molecule has 24 nitrogen and oxygen atoms in total. The van der Waals surface area contributed by atoms with Gasteiger partial charge in [0.25, 0.3) is 23.6 Å². The fraction of sp³-hybridized carbons (Fsp3) is 0.296. The number of fused-ring (bicyclic) bond motifs is 17. The number of ether oxygens (including phenoxy) is 6. The van der Waals surface area contributed by atoms with Crippen molar-refractivity contribution in [1.29, 1.82) is 5.26 Å². The number of carbonyl (C=O) groups is 4. The van der Waals surface area contributed by atoms with E-state index in [1.807, 2.05) is 240 Å². The van der Waals surface area contributed by atoms with Gasteiger partial charge in [-0.2, -0.15) is 20.6 Å². The van der Waals surface area contributed by atoms with Crippen molar-refractivity contribution in [2.24, 2.45) is 19.8 Å². The van der Waals surface area contributed by atoms with Crippen LogP contribution in [0.1, 0.15) is 149 Å². The molecule has 8 aromatic carbocycles. The molecule has 4 saturated heterocycles. The molecule has 4 spiro atoms. The zero-order valence-electron chi connectivity index (χ0n) is 70.8.